The lowest BCUT2D eigenvalue weighted by molar-refractivity contribution is -0.138. The Kier molecular flexibility index (Phi) is 8.31. The molecule has 7 nitrogen and oxygen atoms in total. The van der Waals surface area contributed by atoms with Crippen LogP contribution >= 0.6 is 15.9 Å². The molecule has 0 heterocycles. The van der Waals surface area contributed by atoms with Gasteiger partial charge in [-0.3, -0.25) is 4.79 Å². The van der Waals surface area contributed by atoms with E-state index in [1.165, 1.54) is 12.1 Å². The number of carbonyl (C=O) groups excluding carboxylic acids is 3. The van der Waals surface area contributed by atoms with Gasteiger partial charge in [-0.15, -0.1) is 0 Å². The van der Waals surface area contributed by atoms with E-state index in [9.17, 15) is 14.4 Å². The Morgan fingerprint density at radius 2 is 1.81 bits per heavy atom. The molecule has 0 unspecified atom stereocenters. The predicted molar refractivity (Wildman–Crippen MR) is 100 cm³/mol. The monoisotopic (exact) mass is 426 g/mol. The van der Waals surface area contributed by atoms with Gasteiger partial charge in [0, 0.05) is 11.4 Å². The third-order valence-corrected chi connectivity index (χ3v) is 3.52. The molecule has 0 radical (unpaired) electrons. The van der Waals surface area contributed by atoms with Crippen molar-refractivity contribution >= 4 is 33.9 Å². The van der Waals surface area contributed by atoms with Gasteiger partial charge in [0.05, 0.1) is 7.11 Å². The van der Waals surface area contributed by atoms with Crippen LogP contribution in [0.25, 0.3) is 0 Å². The molecule has 0 saturated heterocycles. The third kappa shape index (κ3) is 7.69. The number of amides is 2. The van der Waals surface area contributed by atoms with Gasteiger partial charge in [0.2, 0.25) is 5.91 Å². The van der Waals surface area contributed by atoms with Gasteiger partial charge in [-0.05, 0) is 26.3 Å². The molecule has 1 rings (SSSR count). The average molecular weight is 427 g/mol. The quantitative estimate of drug-likeness (QED) is 0.538. The Balaban J connectivity index is 2.93. The molecule has 0 aliphatic carbocycles. The lowest BCUT2D eigenvalue weighted by atomic mass is 10.1. The summed E-state index contributed by atoms with van der Waals surface area (Å²) in [7, 11) is 1.20. The third-order valence-electron chi connectivity index (χ3n) is 3.06. The van der Waals surface area contributed by atoms with Gasteiger partial charge in [-0.1, -0.05) is 46.3 Å². The zero-order valence-electron chi connectivity index (χ0n) is 15.2. The number of alkyl carbamates (subject to hydrolysis) is 1. The van der Waals surface area contributed by atoms with Crippen LogP contribution in [0.1, 0.15) is 26.3 Å². The van der Waals surface area contributed by atoms with E-state index in [0.29, 0.717) is 0 Å². The summed E-state index contributed by atoms with van der Waals surface area (Å²) in [6.07, 6.45) is -0.501. The fraction of sp³-hybridized carbons (Fsp3) is 0.389. The molecule has 26 heavy (non-hydrogen) atoms. The molecule has 0 fully saturated rings. The molecule has 142 valence electrons. The van der Waals surface area contributed by atoms with E-state index in [0.717, 1.165) is 5.56 Å². The summed E-state index contributed by atoms with van der Waals surface area (Å²) in [6.45, 7) is 5.17. The minimum atomic E-state index is -0.945. The molecule has 2 amide bonds. The second-order valence-corrected chi connectivity index (χ2v) is 6.85. The van der Waals surface area contributed by atoms with Gasteiger partial charge >= 0.3 is 12.1 Å². The van der Waals surface area contributed by atoms with Crippen molar-refractivity contribution in [3.63, 3.8) is 0 Å². The van der Waals surface area contributed by atoms with Crippen LogP contribution in [0.15, 0.2) is 41.0 Å². The highest BCUT2D eigenvalue weighted by Crippen LogP contribution is 2.09. The van der Waals surface area contributed by atoms with E-state index in [-0.39, 0.29) is 12.1 Å². The van der Waals surface area contributed by atoms with Crippen molar-refractivity contribution in [3.8, 4) is 0 Å². The zero-order chi connectivity index (χ0) is 19.7. The molecule has 0 aliphatic rings. The molecule has 0 bridgehead atoms. The molecule has 1 aromatic carbocycles. The van der Waals surface area contributed by atoms with Crippen molar-refractivity contribution < 1.29 is 23.9 Å². The van der Waals surface area contributed by atoms with Gasteiger partial charge in [0.25, 0.3) is 0 Å². The summed E-state index contributed by atoms with van der Waals surface area (Å²) in [4.78, 5) is 37.5. The van der Waals surface area contributed by atoms with Crippen LogP contribution in [0.2, 0.25) is 0 Å². The van der Waals surface area contributed by atoms with E-state index in [1.807, 2.05) is 30.3 Å². The molecule has 0 saturated carbocycles. The Morgan fingerprint density at radius 1 is 1.19 bits per heavy atom. The molecular formula is C18H23BrN2O5. The molecular weight excluding hydrogens is 404 g/mol. The van der Waals surface area contributed by atoms with Gasteiger partial charge in [-0.2, -0.15) is 0 Å². The minimum Gasteiger partial charge on any atom is -0.464 e. The van der Waals surface area contributed by atoms with E-state index >= 15 is 0 Å². The maximum atomic E-state index is 12.6. The standard InChI is InChI=1S/C18H23BrN2O5/c1-18(2,3)26-17(24)21-13(10-12-8-6-5-7-9-12)15(22)20-14(11-19)16(23)25-4/h5-9,11,13H,10H2,1-4H3,(H,20,22)(H,21,24)/b14-11-/t13-/m1/s1. The van der Waals surface area contributed by atoms with Gasteiger partial charge < -0.3 is 20.1 Å². The molecule has 0 aromatic heterocycles. The lowest BCUT2D eigenvalue weighted by Gasteiger charge is -2.23. The van der Waals surface area contributed by atoms with Crippen LogP contribution in [-0.4, -0.2) is 36.7 Å². The summed E-state index contributed by atoms with van der Waals surface area (Å²) in [5.41, 5.74) is 0.0536. The normalized spacial score (nSPS) is 12.7. The van der Waals surface area contributed by atoms with E-state index in [4.69, 9.17) is 4.74 Å². The summed E-state index contributed by atoms with van der Waals surface area (Å²) in [5.74, 6) is -1.29. The van der Waals surface area contributed by atoms with E-state index in [2.05, 4.69) is 31.3 Å². The van der Waals surface area contributed by atoms with Crippen molar-refractivity contribution in [2.24, 2.45) is 0 Å². The Morgan fingerprint density at radius 3 is 2.31 bits per heavy atom. The maximum Gasteiger partial charge on any atom is 0.408 e. The molecule has 1 aromatic rings. The topological polar surface area (TPSA) is 93.7 Å². The number of nitrogens with one attached hydrogen (secondary N) is 2. The Hall–Kier alpha value is -2.35. The SMILES string of the molecule is COC(=O)/C(=C/Br)NC(=O)[C@@H](Cc1ccccc1)NC(=O)OC(C)(C)C. The van der Waals surface area contributed by atoms with E-state index < -0.39 is 29.6 Å². The van der Waals surface area contributed by atoms with Crippen molar-refractivity contribution in [1.82, 2.24) is 10.6 Å². The fourth-order valence-electron chi connectivity index (χ4n) is 1.96. The lowest BCUT2D eigenvalue weighted by Crippen LogP contribution is -2.49. The number of ether oxygens (including phenoxy) is 2. The Bertz CT molecular complexity index is 668. The minimum absolute atomic E-state index is 0.0819. The number of carbonyl (C=O) groups is 3. The van der Waals surface area contributed by atoms with Crippen LogP contribution in [0.3, 0.4) is 0 Å². The number of halogens is 1. The first-order chi connectivity index (χ1) is 12.2. The number of methoxy groups -OCH3 is 1. The second kappa shape index (κ2) is 9.96. The highest BCUT2D eigenvalue weighted by Gasteiger charge is 2.26. The van der Waals surface area contributed by atoms with E-state index in [1.54, 1.807) is 20.8 Å². The number of hydrogen-bond donors (Lipinski definition) is 2. The van der Waals surface area contributed by atoms with Gasteiger partial charge in [0.1, 0.15) is 17.3 Å². The van der Waals surface area contributed by atoms with Crippen LogP contribution in [0.4, 0.5) is 4.79 Å². The first kappa shape index (κ1) is 21.7. The molecule has 0 aliphatic heterocycles. The van der Waals surface area contributed by atoms with Crippen molar-refractivity contribution in [2.75, 3.05) is 7.11 Å². The summed E-state index contributed by atoms with van der Waals surface area (Å²) < 4.78 is 9.80. The smallest absolute Gasteiger partial charge is 0.408 e. The molecule has 8 heteroatoms. The maximum absolute atomic E-state index is 12.6. The van der Waals surface area contributed by atoms with Crippen LogP contribution in [0.5, 0.6) is 0 Å². The van der Waals surface area contributed by atoms with Crippen LogP contribution < -0.4 is 10.6 Å². The first-order valence-electron chi connectivity index (χ1n) is 7.89. The fourth-order valence-corrected chi connectivity index (χ4v) is 2.26. The highest BCUT2D eigenvalue weighted by molar-refractivity contribution is 9.11. The molecule has 0 spiro atoms. The summed E-state index contributed by atoms with van der Waals surface area (Å²) >= 11 is 3.00. The van der Waals surface area contributed by atoms with Crippen LogP contribution in [0, 0.1) is 0 Å². The predicted octanol–water partition coefficient (Wildman–Crippen LogP) is 2.65. The van der Waals surface area contributed by atoms with Crippen molar-refractivity contribution in [3.05, 3.63) is 46.6 Å². The molecule has 1 atom stereocenters. The Labute approximate surface area is 161 Å². The average Bonchev–Trinajstić information content (AvgIpc) is 2.57. The number of benzene rings is 1. The zero-order valence-corrected chi connectivity index (χ0v) is 16.8. The van der Waals surface area contributed by atoms with Crippen LogP contribution in [-0.2, 0) is 25.5 Å². The number of esters is 1. The van der Waals surface area contributed by atoms with Gasteiger partial charge in [0.15, 0.2) is 0 Å². The highest BCUT2D eigenvalue weighted by atomic mass is 79.9. The summed E-state index contributed by atoms with van der Waals surface area (Å²) in [5, 5.41) is 4.98. The second-order valence-electron chi connectivity index (χ2n) is 6.39. The van der Waals surface area contributed by atoms with Crippen molar-refractivity contribution in [2.45, 2.75) is 38.8 Å². The number of rotatable bonds is 6. The molecule has 2 N–H and O–H groups in total. The van der Waals surface area contributed by atoms with Gasteiger partial charge in [-0.25, -0.2) is 9.59 Å². The van der Waals surface area contributed by atoms with Crippen molar-refractivity contribution in [1.29, 1.82) is 0 Å². The first-order valence-corrected chi connectivity index (χ1v) is 8.81. The largest absolute Gasteiger partial charge is 0.464 e. The summed E-state index contributed by atoms with van der Waals surface area (Å²) in [6, 6.07) is 8.23. The number of hydrogen-bond acceptors (Lipinski definition) is 5.